The topological polar surface area (TPSA) is 51.5 Å². The molecule has 0 saturated heterocycles. The van der Waals surface area contributed by atoms with E-state index < -0.39 is 0 Å². The number of fused-ring (bicyclic) bond motifs is 1. The number of aromatic nitrogens is 3. The molecule has 2 aromatic heterocycles. The van der Waals surface area contributed by atoms with Crippen molar-refractivity contribution in [2.45, 2.75) is 12.6 Å². The first-order chi connectivity index (χ1) is 10.4. The standard InChI is InChI=1S/C16H18N4O/c1-21-12-14(13-7-3-2-4-8-13)17-11-16-19-18-15-9-5-6-10-20(15)16/h2-10,14,17H,11-12H2,1H3. The summed E-state index contributed by atoms with van der Waals surface area (Å²) in [4.78, 5) is 0. The molecule has 0 radical (unpaired) electrons. The van der Waals surface area contributed by atoms with Gasteiger partial charge < -0.3 is 10.1 Å². The summed E-state index contributed by atoms with van der Waals surface area (Å²) in [6.45, 7) is 1.24. The molecule has 3 aromatic rings. The summed E-state index contributed by atoms with van der Waals surface area (Å²) in [6, 6.07) is 16.3. The summed E-state index contributed by atoms with van der Waals surface area (Å²) in [5.74, 6) is 0.891. The Morgan fingerprint density at radius 1 is 1.10 bits per heavy atom. The second-order valence-electron chi connectivity index (χ2n) is 4.84. The van der Waals surface area contributed by atoms with Crippen molar-refractivity contribution in [1.82, 2.24) is 19.9 Å². The van der Waals surface area contributed by atoms with Crippen molar-refractivity contribution in [3.8, 4) is 0 Å². The van der Waals surface area contributed by atoms with Crippen LogP contribution in [0.1, 0.15) is 17.4 Å². The Kier molecular flexibility index (Phi) is 4.23. The SMILES string of the molecule is COCC(NCc1nnc2ccccn12)c1ccccc1. The molecule has 0 spiro atoms. The van der Waals surface area contributed by atoms with Gasteiger partial charge in [-0.3, -0.25) is 4.40 Å². The number of pyridine rings is 1. The van der Waals surface area contributed by atoms with E-state index in [-0.39, 0.29) is 6.04 Å². The highest BCUT2D eigenvalue weighted by Gasteiger charge is 2.12. The van der Waals surface area contributed by atoms with Gasteiger partial charge in [-0.1, -0.05) is 36.4 Å². The molecule has 0 aliphatic heterocycles. The minimum Gasteiger partial charge on any atom is -0.383 e. The fourth-order valence-electron chi connectivity index (χ4n) is 2.35. The van der Waals surface area contributed by atoms with Crippen molar-refractivity contribution >= 4 is 5.65 Å². The molecule has 0 fully saturated rings. The number of rotatable bonds is 6. The number of hydrogen-bond acceptors (Lipinski definition) is 4. The van der Waals surface area contributed by atoms with Crippen LogP contribution in [0.5, 0.6) is 0 Å². The van der Waals surface area contributed by atoms with Crippen LogP contribution in [0.4, 0.5) is 0 Å². The van der Waals surface area contributed by atoms with E-state index in [1.54, 1.807) is 7.11 Å². The Morgan fingerprint density at radius 2 is 1.90 bits per heavy atom. The average molecular weight is 282 g/mol. The monoisotopic (exact) mass is 282 g/mol. The molecule has 0 aliphatic rings. The number of nitrogens with one attached hydrogen (secondary N) is 1. The molecule has 1 aromatic carbocycles. The second kappa shape index (κ2) is 6.47. The number of methoxy groups -OCH3 is 1. The van der Waals surface area contributed by atoms with E-state index in [2.05, 4.69) is 27.6 Å². The third kappa shape index (κ3) is 3.09. The number of nitrogens with zero attached hydrogens (tertiary/aromatic N) is 3. The molecular formula is C16H18N4O. The fourth-order valence-corrected chi connectivity index (χ4v) is 2.35. The Balaban J connectivity index is 1.75. The Hall–Kier alpha value is -2.24. The van der Waals surface area contributed by atoms with Crippen molar-refractivity contribution in [2.24, 2.45) is 0 Å². The minimum atomic E-state index is 0.132. The molecule has 1 N–H and O–H groups in total. The molecule has 1 atom stereocenters. The fraction of sp³-hybridized carbons (Fsp3) is 0.250. The number of benzene rings is 1. The summed E-state index contributed by atoms with van der Waals surface area (Å²) in [5.41, 5.74) is 2.06. The van der Waals surface area contributed by atoms with Crippen LogP contribution in [0, 0.1) is 0 Å². The van der Waals surface area contributed by atoms with Crippen LogP contribution in [0.2, 0.25) is 0 Å². The maximum atomic E-state index is 5.31. The zero-order chi connectivity index (χ0) is 14.5. The van der Waals surface area contributed by atoms with Crippen molar-refractivity contribution < 1.29 is 4.74 Å². The lowest BCUT2D eigenvalue weighted by molar-refractivity contribution is 0.166. The molecule has 2 heterocycles. The highest BCUT2D eigenvalue weighted by atomic mass is 16.5. The number of hydrogen-bond donors (Lipinski definition) is 1. The van der Waals surface area contributed by atoms with Gasteiger partial charge in [0.2, 0.25) is 0 Å². The molecule has 5 heteroatoms. The highest BCUT2D eigenvalue weighted by Crippen LogP contribution is 2.13. The minimum absolute atomic E-state index is 0.132. The predicted molar refractivity (Wildman–Crippen MR) is 80.9 cm³/mol. The summed E-state index contributed by atoms with van der Waals surface area (Å²) >= 11 is 0. The first kappa shape index (κ1) is 13.7. The van der Waals surface area contributed by atoms with Crippen molar-refractivity contribution in [3.05, 3.63) is 66.1 Å². The van der Waals surface area contributed by atoms with Crippen LogP contribution in [0.3, 0.4) is 0 Å². The first-order valence-electron chi connectivity index (χ1n) is 6.94. The second-order valence-corrected chi connectivity index (χ2v) is 4.84. The van der Waals surface area contributed by atoms with Gasteiger partial charge in [-0.15, -0.1) is 10.2 Å². The van der Waals surface area contributed by atoms with Gasteiger partial charge in [0.25, 0.3) is 0 Å². The molecule has 108 valence electrons. The molecule has 5 nitrogen and oxygen atoms in total. The molecule has 0 amide bonds. The first-order valence-corrected chi connectivity index (χ1v) is 6.94. The Morgan fingerprint density at radius 3 is 2.71 bits per heavy atom. The summed E-state index contributed by atoms with van der Waals surface area (Å²) in [7, 11) is 1.71. The van der Waals surface area contributed by atoms with Crippen LogP contribution >= 0.6 is 0 Å². The molecule has 0 saturated carbocycles. The van der Waals surface area contributed by atoms with E-state index >= 15 is 0 Å². The summed E-state index contributed by atoms with van der Waals surface area (Å²) in [6.07, 6.45) is 1.97. The van der Waals surface area contributed by atoms with Gasteiger partial charge in [-0.05, 0) is 17.7 Å². The molecular weight excluding hydrogens is 264 g/mol. The van der Waals surface area contributed by atoms with Gasteiger partial charge in [0.15, 0.2) is 11.5 Å². The van der Waals surface area contributed by atoms with E-state index in [4.69, 9.17) is 4.74 Å². The van der Waals surface area contributed by atoms with Crippen LogP contribution in [0.15, 0.2) is 54.7 Å². The van der Waals surface area contributed by atoms with E-state index in [1.807, 2.05) is 47.0 Å². The molecule has 1 unspecified atom stereocenters. The van der Waals surface area contributed by atoms with Crippen LogP contribution in [0.25, 0.3) is 5.65 Å². The lowest BCUT2D eigenvalue weighted by atomic mass is 10.1. The van der Waals surface area contributed by atoms with Crippen LogP contribution < -0.4 is 5.32 Å². The van der Waals surface area contributed by atoms with Gasteiger partial charge >= 0.3 is 0 Å². The zero-order valence-corrected chi connectivity index (χ0v) is 11.9. The van der Waals surface area contributed by atoms with Crippen LogP contribution in [-0.2, 0) is 11.3 Å². The normalized spacial score (nSPS) is 12.6. The van der Waals surface area contributed by atoms with E-state index in [1.165, 1.54) is 5.56 Å². The molecule has 0 aliphatic carbocycles. The summed E-state index contributed by atoms with van der Waals surface area (Å²) in [5, 5.41) is 11.9. The average Bonchev–Trinajstić information content (AvgIpc) is 2.95. The van der Waals surface area contributed by atoms with E-state index in [9.17, 15) is 0 Å². The van der Waals surface area contributed by atoms with Gasteiger partial charge in [-0.2, -0.15) is 0 Å². The molecule has 3 rings (SSSR count). The van der Waals surface area contributed by atoms with Gasteiger partial charge in [0, 0.05) is 13.3 Å². The lowest BCUT2D eigenvalue weighted by Crippen LogP contribution is -2.25. The van der Waals surface area contributed by atoms with Crippen molar-refractivity contribution in [2.75, 3.05) is 13.7 Å². The maximum absolute atomic E-state index is 5.31. The third-order valence-corrected chi connectivity index (χ3v) is 3.43. The Labute approximate surface area is 123 Å². The third-order valence-electron chi connectivity index (χ3n) is 3.43. The zero-order valence-electron chi connectivity index (χ0n) is 11.9. The van der Waals surface area contributed by atoms with Crippen molar-refractivity contribution in [3.63, 3.8) is 0 Å². The van der Waals surface area contributed by atoms with E-state index in [0.717, 1.165) is 11.5 Å². The maximum Gasteiger partial charge on any atom is 0.160 e. The Bertz CT molecular complexity index is 696. The van der Waals surface area contributed by atoms with Gasteiger partial charge in [0.05, 0.1) is 19.2 Å². The number of ether oxygens (including phenoxy) is 1. The largest absolute Gasteiger partial charge is 0.383 e. The predicted octanol–water partition coefficient (Wildman–Crippen LogP) is 2.21. The molecule has 0 bridgehead atoms. The van der Waals surface area contributed by atoms with Gasteiger partial charge in [-0.25, -0.2) is 0 Å². The quantitative estimate of drug-likeness (QED) is 0.753. The van der Waals surface area contributed by atoms with Crippen molar-refractivity contribution in [1.29, 1.82) is 0 Å². The van der Waals surface area contributed by atoms with Gasteiger partial charge in [0.1, 0.15) is 0 Å². The lowest BCUT2D eigenvalue weighted by Gasteiger charge is -2.17. The highest BCUT2D eigenvalue weighted by molar-refractivity contribution is 5.37. The van der Waals surface area contributed by atoms with E-state index in [0.29, 0.717) is 13.2 Å². The van der Waals surface area contributed by atoms with Crippen LogP contribution in [-0.4, -0.2) is 28.3 Å². The smallest absolute Gasteiger partial charge is 0.160 e. The molecule has 21 heavy (non-hydrogen) atoms. The summed E-state index contributed by atoms with van der Waals surface area (Å²) < 4.78 is 7.30.